The first-order chi connectivity index (χ1) is 11.5. The molecule has 2 rings (SSSR count). The third kappa shape index (κ3) is 4.17. The number of hydrogen-bond donors (Lipinski definition) is 1. The Balaban J connectivity index is 2.16. The van der Waals surface area contributed by atoms with Gasteiger partial charge < -0.3 is 14.8 Å². The van der Waals surface area contributed by atoms with Crippen molar-refractivity contribution in [3.8, 4) is 5.75 Å². The molecule has 0 aliphatic carbocycles. The Labute approximate surface area is 149 Å². The maximum absolute atomic E-state index is 12.3. The number of carbonyl (C=O) groups is 2. The number of carbonyl (C=O) groups excluding carboxylic acids is 2. The summed E-state index contributed by atoms with van der Waals surface area (Å²) in [6.07, 6.45) is 0. The molecule has 1 N–H and O–H groups in total. The molecule has 0 heterocycles. The van der Waals surface area contributed by atoms with Crippen LogP contribution in [0.4, 0.5) is 5.69 Å². The van der Waals surface area contributed by atoms with Crippen LogP contribution in [0.2, 0.25) is 0 Å². The molecule has 7 heteroatoms. The third-order valence-corrected chi connectivity index (χ3v) is 3.93. The quantitative estimate of drug-likeness (QED) is 0.628. The number of halogens is 1. The van der Waals surface area contributed by atoms with Crippen molar-refractivity contribution in [1.29, 1.82) is 0 Å². The molecular weight excluding hydrogens is 373 g/mol. The minimum atomic E-state index is -0.437. The Bertz CT molecular complexity index is 739. The Hall–Kier alpha value is -2.28. The molecule has 0 spiro atoms. The molecule has 24 heavy (non-hydrogen) atoms. The molecule has 5 nitrogen and oxygen atoms in total. The zero-order valence-corrected chi connectivity index (χ0v) is 15.3. The van der Waals surface area contributed by atoms with Gasteiger partial charge in [0.15, 0.2) is 0 Å². The first-order valence-electron chi connectivity index (χ1n) is 7.39. The summed E-state index contributed by atoms with van der Waals surface area (Å²) >= 11 is 3.45. The van der Waals surface area contributed by atoms with Crippen LogP contribution in [0, 0.1) is 0 Å². The summed E-state index contributed by atoms with van der Waals surface area (Å²) in [5.74, 6) is 0.0628. The number of amides is 1. The van der Waals surface area contributed by atoms with E-state index in [1.165, 1.54) is 7.11 Å². The molecule has 0 unspecified atom stereocenters. The van der Waals surface area contributed by atoms with Gasteiger partial charge in [-0.15, -0.1) is 0 Å². The second kappa shape index (κ2) is 8.01. The maximum atomic E-state index is 12.3. The molecule has 124 valence electrons. The molecule has 2 aromatic rings. The number of anilines is 1. The van der Waals surface area contributed by atoms with Gasteiger partial charge in [-0.2, -0.15) is 0 Å². The van der Waals surface area contributed by atoms with Crippen molar-refractivity contribution in [3.05, 3.63) is 52.0 Å². The van der Waals surface area contributed by atoms with Gasteiger partial charge in [-0.05, 0) is 64.7 Å². The van der Waals surface area contributed by atoms with E-state index in [0.29, 0.717) is 23.4 Å². The van der Waals surface area contributed by atoms with E-state index in [2.05, 4.69) is 26.0 Å². The molecule has 0 bridgehead atoms. The minimum absolute atomic E-state index is 0.262. The van der Waals surface area contributed by atoms with Gasteiger partial charge >= 0.3 is 5.97 Å². The highest BCUT2D eigenvalue weighted by atomic mass is 79.9. The monoisotopic (exact) mass is 389 g/mol. The smallest absolute Gasteiger partial charge is 0.337 e. The fraction of sp³-hybridized carbons (Fsp3) is 0.176. The topological polar surface area (TPSA) is 64.6 Å². The van der Waals surface area contributed by atoms with E-state index in [9.17, 15) is 9.59 Å². The summed E-state index contributed by atoms with van der Waals surface area (Å²) in [6.45, 7) is 2.48. The normalized spacial score (nSPS) is 10.1. The number of methoxy groups -OCH3 is 1. The number of esters is 1. The predicted molar refractivity (Wildman–Crippen MR) is 99.2 cm³/mol. The van der Waals surface area contributed by atoms with Crippen LogP contribution in [0.3, 0.4) is 0 Å². The van der Waals surface area contributed by atoms with Gasteiger partial charge in [0.1, 0.15) is 13.6 Å². The van der Waals surface area contributed by atoms with E-state index in [1.807, 2.05) is 20.8 Å². The maximum Gasteiger partial charge on any atom is 0.337 e. The standard InChI is InChI=1S/C17H17BBrNO4/c1-3-24-15-13(18)8-12(9-14(15)19)20-16(21)10-4-6-11(7-5-10)17(22)23-2/h4-9H,3,18H2,1-2H3,(H,20,21). The van der Waals surface area contributed by atoms with Crippen LogP contribution in [0.15, 0.2) is 40.9 Å². The second-order valence-corrected chi connectivity index (χ2v) is 5.91. The van der Waals surface area contributed by atoms with Crippen molar-refractivity contribution >= 4 is 46.8 Å². The molecule has 0 saturated carbocycles. The fourth-order valence-corrected chi connectivity index (χ4v) is 2.88. The van der Waals surface area contributed by atoms with E-state index >= 15 is 0 Å². The van der Waals surface area contributed by atoms with Crippen LogP contribution >= 0.6 is 15.9 Å². The fourth-order valence-electron chi connectivity index (χ4n) is 2.21. The van der Waals surface area contributed by atoms with Crippen molar-refractivity contribution < 1.29 is 19.1 Å². The lowest BCUT2D eigenvalue weighted by atomic mass is 9.94. The van der Waals surface area contributed by atoms with E-state index in [4.69, 9.17) is 4.74 Å². The van der Waals surface area contributed by atoms with Gasteiger partial charge in [-0.3, -0.25) is 4.79 Å². The number of hydrogen-bond acceptors (Lipinski definition) is 4. The number of nitrogens with one attached hydrogen (secondary N) is 1. The lowest BCUT2D eigenvalue weighted by molar-refractivity contribution is 0.0600. The minimum Gasteiger partial charge on any atom is -0.493 e. The van der Waals surface area contributed by atoms with E-state index in [0.717, 1.165) is 15.7 Å². The Morgan fingerprint density at radius 2 is 1.79 bits per heavy atom. The average molecular weight is 390 g/mol. The van der Waals surface area contributed by atoms with Gasteiger partial charge in [0.2, 0.25) is 0 Å². The molecule has 0 aromatic heterocycles. The van der Waals surface area contributed by atoms with Crippen LogP contribution in [0.1, 0.15) is 27.6 Å². The van der Waals surface area contributed by atoms with Gasteiger partial charge in [0.05, 0.1) is 23.8 Å². The predicted octanol–water partition coefficient (Wildman–Crippen LogP) is 2.15. The first kappa shape index (κ1) is 18.1. The molecule has 1 amide bonds. The SMILES string of the molecule is Bc1cc(NC(=O)c2ccc(C(=O)OC)cc2)cc(Br)c1OCC. The lowest BCUT2D eigenvalue weighted by Gasteiger charge is -2.13. The highest BCUT2D eigenvalue weighted by Crippen LogP contribution is 2.26. The summed E-state index contributed by atoms with van der Waals surface area (Å²) < 4.78 is 11.0. The largest absolute Gasteiger partial charge is 0.493 e. The molecule has 0 aliphatic rings. The second-order valence-electron chi connectivity index (χ2n) is 5.06. The number of ether oxygens (including phenoxy) is 2. The van der Waals surface area contributed by atoms with E-state index < -0.39 is 5.97 Å². The molecule has 0 fully saturated rings. The summed E-state index contributed by atoms with van der Waals surface area (Å²) in [7, 11) is 3.23. The van der Waals surface area contributed by atoms with Gasteiger partial charge in [-0.1, -0.05) is 0 Å². The van der Waals surface area contributed by atoms with Gasteiger partial charge in [0, 0.05) is 11.3 Å². The highest BCUT2D eigenvalue weighted by Gasteiger charge is 2.12. The van der Waals surface area contributed by atoms with E-state index in [1.54, 1.807) is 30.3 Å². The summed E-state index contributed by atoms with van der Waals surface area (Å²) in [4.78, 5) is 23.7. The van der Waals surface area contributed by atoms with Crippen molar-refractivity contribution in [2.45, 2.75) is 6.92 Å². The van der Waals surface area contributed by atoms with Crippen LogP contribution in [0.5, 0.6) is 5.75 Å². The van der Waals surface area contributed by atoms with Crippen molar-refractivity contribution in [2.24, 2.45) is 0 Å². The average Bonchev–Trinajstić information content (AvgIpc) is 2.57. The zero-order valence-electron chi connectivity index (χ0n) is 13.7. The van der Waals surface area contributed by atoms with Crippen molar-refractivity contribution in [2.75, 3.05) is 19.0 Å². The van der Waals surface area contributed by atoms with Crippen molar-refractivity contribution in [3.63, 3.8) is 0 Å². The summed E-state index contributed by atoms with van der Waals surface area (Å²) in [5, 5.41) is 2.83. The number of benzene rings is 2. The Morgan fingerprint density at radius 1 is 1.17 bits per heavy atom. The first-order valence-corrected chi connectivity index (χ1v) is 8.18. The van der Waals surface area contributed by atoms with Crippen LogP contribution in [-0.2, 0) is 4.74 Å². The van der Waals surface area contributed by atoms with Gasteiger partial charge in [-0.25, -0.2) is 4.79 Å². The molecule has 0 atom stereocenters. The molecular formula is C17H17BBrNO4. The molecule has 0 saturated heterocycles. The highest BCUT2D eigenvalue weighted by molar-refractivity contribution is 9.10. The molecule has 2 aromatic carbocycles. The molecule has 0 aliphatic heterocycles. The van der Waals surface area contributed by atoms with E-state index in [-0.39, 0.29) is 5.91 Å². The summed E-state index contributed by atoms with van der Waals surface area (Å²) in [5.41, 5.74) is 2.42. The van der Waals surface area contributed by atoms with Gasteiger partial charge in [0.25, 0.3) is 5.91 Å². The lowest BCUT2D eigenvalue weighted by Crippen LogP contribution is -2.16. The summed E-state index contributed by atoms with van der Waals surface area (Å²) in [6, 6.07) is 9.91. The zero-order chi connectivity index (χ0) is 17.7. The van der Waals surface area contributed by atoms with Crippen LogP contribution in [-0.4, -0.2) is 33.4 Å². The number of rotatable bonds is 5. The van der Waals surface area contributed by atoms with Crippen LogP contribution in [0.25, 0.3) is 0 Å². The van der Waals surface area contributed by atoms with Crippen LogP contribution < -0.4 is 15.5 Å². The van der Waals surface area contributed by atoms with Crippen molar-refractivity contribution in [1.82, 2.24) is 0 Å². The molecule has 0 radical (unpaired) electrons. The Kier molecular flexibility index (Phi) is 6.03. The Morgan fingerprint density at radius 3 is 2.33 bits per heavy atom. The third-order valence-electron chi connectivity index (χ3n) is 3.34.